The van der Waals surface area contributed by atoms with E-state index in [1.165, 1.54) is 0 Å². The molecule has 0 aliphatic heterocycles. The van der Waals surface area contributed by atoms with E-state index in [2.05, 4.69) is 46.9 Å². The lowest BCUT2D eigenvalue weighted by atomic mass is 9.90. The molecule has 0 radical (unpaired) electrons. The number of amides is 1. The topological polar surface area (TPSA) is 38.3 Å². The molecular formula is C14H29NO2. The maximum atomic E-state index is 11.5. The van der Waals surface area contributed by atoms with Gasteiger partial charge in [-0.15, -0.1) is 0 Å². The van der Waals surface area contributed by atoms with Gasteiger partial charge in [-0.2, -0.15) is 0 Å². The van der Waals surface area contributed by atoms with Gasteiger partial charge in [0.1, 0.15) is 0 Å². The first-order valence-corrected chi connectivity index (χ1v) is 6.45. The zero-order valence-corrected chi connectivity index (χ0v) is 12.4. The molecule has 102 valence electrons. The molecule has 0 aliphatic rings. The molecule has 0 bridgehead atoms. The molecule has 0 fully saturated rings. The Kier molecular flexibility index (Phi) is 6.76. The standard InChI is InChI=1S/C14H29NO2/c1-13(2,3)8-7-12(16)15-9-10-17-11-14(4,5)6/h7-11H2,1-6H3,(H,15,16). The van der Waals surface area contributed by atoms with Gasteiger partial charge in [0.2, 0.25) is 5.91 Å². The Hall–Kier alpha value is -0.570. The van der Waals surface area contributed by atoms with Crippen molar-refractivity contribution in [2.24, 2.45) is 10.8 Å². The van der Waals surface area contributed by atoms with Crippen molar-refractivity contribution in [2.45, 2.75) is 54.4 Å². The SMILES string of the molecule is CC(C)(C)CCC(=O)NCCOCC(C)(C)C. The highest BCUT2D eigenvalue weighted by Gasteiger charge is 2.13. The second-order valence-corrected chi connectivity index (χ2v) is 7.02. The zero-order valence-electron chi connectivity index (χ0n) is 12.4. The normalized spacial score (nSPS) is 12.6. The third kappa shape index (κ3) is 13.4. The molecule has 0 saturated carbocycles. The molecule has 17 heavy (non-hydrogen) atoms. The van der Waals surface area contributed by atoms with E-state index in [1.54, 1.807) is 0 Å². The van der Waals surface area contributed by atoms with Crippen LogP contribution in [0.2, 0.25) is 0 Å². The summed E-state index contributed by atoms with van der Waals surface area (Å²) in [5.74, 6) is 0.124. The van der Waals surface area contributed by atoms with Crippen molar-refractivity contribution in [1.29, 1.82) is 0 Å². The first kappa shape index (κ1) is 16.4. The summed E-state index contributed by atoms with van der Waals surface area (Å²) in [5.41, 5.74) is 0.413. The average Bonchev–Trinajstić information content (AvgIpc) is 2.11. The molecular weight excluding hydrogens is 214 g/mol. The van der Waals surface area contributed by atoms with Gasteiger partial charge in [0.15, 0.2) is 0 Å². The summed E-state index contributed by atoms with van der Waals surface area (Å²) in [6.45, 7) is 14.8. The number of hydrogen-bond donors (Lipinski definition) is 1. The third-order valence-electron chi connectivity index (χ3n) is 2.21. The summed E-state index contributed by atoms with van der Waals surface area (Å²) in [6.07, 6.45) is 1.52. The van der Waals surface area contributed by atoms with Gasteiger partial charge in [0.05, 0.1) is 13.2 Å². The van der Waals surface area contributed by atoms with Crippen LogP contribution in [0.25, 0.3) is 0 Å². The minimum absolute atomic E-state index is 0.124. The van der Waals surface area contributed by atoms with Crippen molar-refractivity contribution in [3.8, 4) is 0 Å². The molecule has 0 aromatic rings. The third-order valence-corrected chi connectivity index (χ3v) is 2.21. The molecule has 0 aromatic heterocycles. The summed E-state index contributed by atoms with van der Waals surface area (Å²) < 4.78 is 5.48. The van der Waals surface area contributed by atoms with E-state index in [9.17, 15) is 4.79 Å². The lowest BCUT2D eigenvalue weighted by Gasteiger charge is -2.19. The van der Waals surface area contributed by atoms with Gasteiger partial charge >= 0.3 is 0 Å². The van der Waals surface area contributed by atoms with Gasteiger partial charge < -0.3 is 10.1 Å². The van der Waals surface area contributed by atoms with Crippen LogP contribution < -0.4 is 5.32 Å². The molecule has 0 heterocycles. The van der Waals surface area contributed by atoms with Gasteiger partial charge in [-0.3, -0.25) is 4.79 Å². The highest BCUT2D eigenvalue weighted by molar-refractivity contribution is 5.75. The fourth-order valence-corrected chi connectivity index (χ4v) is 1.22. The largest absolute Gasteiger partial charge is 0.379 e. The van der Waals surface area contributed by atoms with Gasteiger partial charge in [-0.05, 0) is 17.3 Å². The van der Waals surface area contributed by atoms with E-state index in [4.69, 9.17) is 4.74 Å². The Balaban J connectivity index is 3.47. The van der Waals surface area contributed by atoms with E-state index < -0.39 is 0 Å². The predicted molar refractivity (Wildman–Crippen MR) is 72.0 cm³/mol. The molecule has 0 unspecified atom stereocenters. The van der Waals surface area contributed by atoms with Crippen molar-refractivity contribution in [3.05, 3.63) is 0 Å². The maximum Gasteiger partial charge on any atom is 0.220 e. The molecule has 0 rings (SSSR count). The van der Waals surface area contributed by atoms with E-state index in [1.807, 2.05) is 0 Å². The number of nitrogens with one attached hydrogen (secondary N) is 1. The van der Waals surface area contributed by atoms with Crippen LogP contribution in [-0.4, -0.2) is 25.7 Å². The van der Waals surface area contributed by atoms with Crippen molar-refractivity contribution in [1.82, 2.24) is 5.32 Å². The van der Waals surface area contributed by atoms with Gasteiger partial charge in [-0.1, -0.05) is 41.5 Å². The van der Waals surface area contributed by atoms with Crippen LogP contribution in [0.4, 0.5) is 0 Å². The summed E-state index contributed by atoms with van der Waals surface area (Å²) in [5, 5.41) is 2.88. The monoisotopic (exact) mass is 243 g/mol. The Labute approximate surface area is 106 Å². The van der Waals surface area contributed by atoms with E-state index in [-0.39, 0.29) is 16.7 Å². The lowest BCUT2D eigenvalue weighted by molar-refractivity contribution is -0.121. The second kappa shape index (κ2) is 7.00. The number of hydrogen-bond acceptors (Lipinski definition) is 2. The molecule has 1 amide bonds. The van der Waals surface area contributed by atoms with Crippen LogP contribution in [-0.2, 0) is 9.53 Å². The average molecular weight is 243 g/mol. The van der Waals surface area contributed by atoms with Crippen LogP contribution in [0.3, 0.4) is 0 Å². The summed E-state index contributed by atoms with van der Waals surface area (Å²) >= 11 is 0. The summed E-state index contributed by atoms with van der Waals surface area (Å²) in [7, 11) is 0. The van der Waals surface area contributed by atoms with Crippen molar-refractivity contribution in [3.63, 3.8) is 0 Å². The predicted octanol–water partition coefficient (Wildman–Crippen LogP) is 2.99. The lowest BCUT2D eigenvalue weighted by Crippen LogP contribution is -2.29. The minimum atomic E-state index is 0.124. The van der Waals surface area contributed by atoms with E-state index in [0.717, 1.165) is 13.0 Å². The van der Waals surface area contributed by atoms with Crippen molar-refractivity contribution >= 4 is 5.91 Å². The van der Waals surface area contributed by atoms with Crippen LogP contribution >= 0.6 is 0 Å². The highest BCUT2D eigenvalue weighted by Crippen LogP contribution is 2.20. The molecule has 0 saturated heterocycles. The number of carbonyl (C=O) groups is 1. The van der Waals surface area contributed by atoms with Crippen LogP contribution in [0.15, 0.2) is 0 Å². The Morgan fingerprint density at radius 3 is 2.12 bits per heavy atom. The minimum Gasteiger partial charge on any atom is -0.379 e. The molecule has 0 aromatic carbocycles. The Morgan fingerprint density at radius 2 is 1.65 bits per heavy atom. The van der Waals surface area contributed by atoms with Crippen molar-refractivity contribution in [2.75, 3.05) is 19.8 Å². The molecule has 0 spiro atoms. The summed E-state index contributed by atoms with van der Waals surface area (Å²) in [4.78, 5) is 11.5. The molecule has 3 heteroatoms. The molecule has 3 nitrogen and oxygen atoms in total. The van der Waals surface area contributed by atoms with Crippen LogP contribution in [0.5, 0.6) is 0 Å². The van der Waals surface area contributed by atoms with Crippen LogP contribution in [0.1, 0.15) is 54.4 Å². The molecule has 0 aliphatic carbocycles. The fourth-order valence-electron chi connectivity index (χ4n) is 1.22. The van der Waals surface area contributed by atoms with Gasteiger partial charge in [0, 0.05) is 13.0 Å². The first-order valence-electron chi connectivity index (χ1n) is 6.45. The van der Waals surface area contributed by atoms with E-state index in [0.29, 0.717) is 19.6 Å². The quantitative estimate of drug-likeness (QED) is 0.728. The number of ether oxygens (including phenoxy) is 1. The van der Waals surface area contributed by atoms with E-state index >= 15 is 0 Å². The second-order valence-electron chi connectivity index (χ2n) is 7.02. The Morgan fingerprint density at radius 1 is 1.06 bits per heavy atom. The molecule has 0 atom stereocenters. The van der Waals surface area contributed by atoms with Crippen LogP contribution in [0, 0.1) is 10.8 Å². The van der Waals surface area contributed by atoms with Gasteiger partial charge in [0.25, 0.3) is 0 Å². The first-order chi connectivity index (χ1) is 7.60. The number of carbonyl (C=O) groups excluding carboxylic acids is 1. The smallest absolute Gasteiger partial charge is 0.220 e. The maximum absolute atomic E-state index is 11.5. The number of rotatable bonds is 6. The zero-order chi connectivity index (χ0) is 13.5. The highest BCUT2D eigenvalue weighted by atomic mass is 16.5. The van der Waals surface area contributed by atoms with Gasteiger partial charge in [-0.25, -0.2) is 0 Å². The molecule has 1 N–H and O–H groups in total. The Bertz CT molecular complexity index is 223. The summed E-state index contributed by atoms with van der Waals surface area (Å²) in [6, 6.07) is 0. The van der Waals surface area contributed by atoms with Crippen molar-refractivity contribution < 1.29 is 9.53 Å². The fraction of sp³-hybridized carbons (Fsp3) is 0.929.